The van der Waals surface area contributed by atoms with Gasteiger partial charge in [-0.15, -0.1) is 0 Å². The average molecular weight is 363 g/mol. The summed E-state index contributed by atoms with van der Waals surface area (Å²) >= 11 is 0. The highest BCUT2D eigenvalue weighted by atomic mass is 16.5. The van der Waals surface area contributed by atoms with Crippen LogP contribution in [-0.4, -0.2) is 52.3 Å². The van der Waals surface area contributed by atoms with Crippen LogP contribution in [0.1, 0.15) is 22.0 Å². The zero-order valence-corrected chi connectivity index (χ0v) is 15.1. The third kappa shape index (κ3) is 3.41. The van der Waals surface area contributed by atoms with Crippen molar-refractivity contribution in [3.63, 3.8) is 0 Å². The molecule has 7 heteroatoms. The van der Waals surface area contributed by atoms with E-state index >= 15 is 0 Å². The van der Waals surface area contributed by atoms with Gasteiger partial charge in [-0.3, -0.25) is 4.79 Å². The maximum atomic E-state index is 13.3. The molecule has 1 saturated heterocycles. The summed E-state index contributed by atoms with van der Waals surface area (Å²) in [5, 5.41) is 7.52. The van der Waals surface area contributed by atoms with Crippen LogP contribution in [0, 0.1) is 0 Å². The van der Waals surface area contributed by atoms with Gasteiger partial charge in [0, 0.05) is 30.8 Å². The molecule has 1 unspecified atom stereocenters. The lowest BCUT2D eigenvalue weighted by Crippen LogP contribution is -2.48. The molecule has 0 radical (unpaired) electrons. The number of amides is 1. The molecule has 138 valence electrons. The van der Waals surface area contributed by atoms with Gasteiger partial charge in [0.2, 0.25) is 0 Å². The third-order valence-electron chi connectivity index (χ3n) is 4.78. The van der Waals surface area contributed by atoms with Crippen LogP contribution in [0.5, 0.6) is 5.75 Å². The van der Waals surface area contributed by atoms with Crippen molar-refractivity contribution in [3.05, 3.63) is 72.3 Å². The van der Waals surface area contributed by atoms with Crippen LogP contribution in [-0.2, 0) is 0 Å². The number of carbonyl (C=O) groups is 1. The topological polar surface area (TPSA) is 72.3 Å². The average Bonchev–Trinajstić information content (AvgIpc) is 3.28. The van der Waals surface area contributed by atoms with E-state index in [2.05, 4.69) is 15.4 Å². The van der Waals surface area contributed by atoms with Gasteiger partial charge < -0.3 is 15.0 Å². The van der Waals surface area contributed by atoms with Crippen LogP contribution in [0.15, 0.2) is 61.2 Å². The van der Waals surface area contributed by atoms with E-state index in [1.54, 1.807) is 18.1 Å². The zero-order chi connectivity index (χ0) is 18.6. The lowest BCUT2D eigenvalue weighted by atomic mass is 10.0. The van der Waals surface area contributed by atoms with Gasteiger partial charge in [0.25, 0.3) is 5.91 Å². The van der Waals surface area contributed by atoms with E-state index < -0.39 is 0 Å². The molecule has 0 spiro atoms. The first-order chi connectivity index (χ1) is 13.3. The van der Waals surface area contributed by atoms with E-state index in [-0.39, 0.29) is 11.9 Å². The molecule has 7 nitrogen and oxygen atoms in total. The smallest absolute Gasteiger partial charge is 0.254 e. The molecule has 0 saturated carbocycles. The summed E-state index contributed by atoms with van der Waals surface area (Å²) in [7, 11) is 1.66. The molecule has 0 aliphatic carbocycles. The molecule has 1 N–H and O–H groups in total. The Morgan fingerprint density at radius 1 is 1.22 bits per heavy atom. The zero-order valence-electron chi connectivity index (χ0n) is 15.1. The Labute approximate surface area is 157 Å². The normalized spacial score (nSPS) is 16.9. The molecule has 1 aliphatic rings. The second-order valence-corrected chi connectivity index (χ2v) is 6.35. The first-order valence-electron chi connectivity index (χ1n) is 8.87. The van der Waals surface area contributed by atoms with Gasteiger partial charge in [0.1, 0.15) is 18.4 Å². The molecule has 27 heavy (non-hydrogen) atoms. The quantitative estimate of drug-likeness (QED) is 0.768. The minimum atomic E-state index is -0.0857. The van der Waals surface area contributed by atoms with Crippen molar-refractivity contribution in [2.45, 2.75) is 6.04 Å². The van der Waals surface area contributed by atoms with Crippen molar-refractivity contribution in [1.29, 1.82) is 0 Å². The number of rotatable bonds is 4. The summed E-state index contributed by atoms with van der Waals surface area (Å²) in [5.74, 6) is 0.787. The monoisotopic (exact) mass is 363 g/mol. The van der Waals surface area contributed by atoms with Crippen molar-refractivity contribution < 1.29 is 9.53 Å². The summed E-state index contributed by atoms with van der Waals surface area (Å²) < 4.78 is 7.16. The summed E-state index contributed by atoms with van der Waals surface area (Å²) in [5.41, 5.74) is 2.44. The fourth-order valence-electron chi connectivity index (χ4n) is 3.46. The highest BCUT2D eigenvalue weighted by molar-refractivity contribution is 5.95. The van der Waals surface area contributed by atoms with Crippen LogP contribution in [0.2, 0.25) is 0 Å². The fourth-order valence-corrected chi connectivity index (χ4v) is 3.46. The Morgan fingerprint density at radius 2 is 2.11 bits per heavy atom. The second kappa shape index (κ2) is 7.59. The number of carbonyl (C=O) groups excluding carboxylic acids is 1. The second-order valence-electron chi connectivity index (χ2n) is 6.35. The largest absolute Gasteiger partial charge is 0.496 e. The number of aromatic nitrogens is 3. The Bertz CT molecular complexity index is 926. The summed E-state index contributed by atoms with van der Waals surface area (Å²) in [6, 6.07) is 15.2. The summed E-state index contributed by atoms with van der Waals surface area (Å²) in [6.45, 7) is 2.09. The number of nitrogens with zero attached hydrogens (tertiary/aromatic N) is 4. The Hall–Kier alpha value is -3.19. The first kappa shape index (κ1) is 17.2. The van der Waals surface area contributed by atoms with Gasteiger partial charge in [0.15, 0.2) is 0 Å². The fraction of sp³-hybridized carbons (Fsp3) is 0.250. The van der Waals surface area contributed by atoms with Gasteiger partial charge in [0.05, 0.1) is 18.8 Å². The molecule has 4 rings (SSSR count). The molecule has 1 aliphatic heterocycles. The van der Waals surface area contributed by atoms with Crippen LogP contribution in [0.4, 0.5) is 0 Å². The molecule has 2 heterocycles. The molecule has 1 fully saturated rings. The molecular formula is C20H21N5O2. The van der Waals surface area contributed by atoms with Crippen LogP contribution in [0.3, 0.4) is 0 Å². The Balaban J connectivity index is 1.66. The molecule has 0 bridgehead atoms. The lowest BCUT2D eigenvalue weighted by Gasteiger charge is -2.37. The number of methoxy groups -OCH3 is 1. The van der Waals surface area contributed by atoms with Crippen LogP contribution < -0.4 is 10.1 Å². The van der Waals surface area contributed by atoms with Crippen molar-refractivity contribution in [1.82, 2.24) is 25.0 Å². The molecular weight excluding hydrogens is 342 g/mol. The molecule has 1 atom stereocenters. The highest BCUT2D eigenvalue weighted by Crippen LogP contribution is 2.31. The minimum absolute atomic E-state index is 0.00521. The van der Waals surface area contributed by atoms with Gasteiger partial charge in [-0.2, -0.15) is 5.10 Å². The van der Waals surface area contributed by atoms with Gasteiger partial charge in [-0.05, 0) is 24.3 Å². The maximum absolute atomic E-state index is 13.3. The standard InChI is InChI=1S/C20H21N5O2/c1-27-19-8-3-2-7-17(19)18-12-21-9-10-24(18)20(26)15-5-4-6-16(11-15)25-14-22-13-23-25/h2-8,11,13-14,18,21H,9-10,12H2,1H3. The molecule has 1 aromatic heterocycles. The van der Waals surface area contributed by atoms with Gasteiger partial charge in [-0.1, -0.05) is 24.3 Å². The van der Waals surface area contributed by atoms with Gasteiger partial charge >= 0.3 is 0 Å². The number of ether oxygens (including phenoxy) is 1. The van der Waals surface area contributed by atoms with Crippen molar-refractivity contribution in [2.75, 3.05) is 26.7 Å². The van der Waals surface area contributed by atoms with Crippen molar-refractivity contribution in [2.24, 2.45) is 0 Å². The first-order valence-corrected chi connectivity index (χ1v) is 8.87. The van der Waals surface area contributed by atoms with E-state index in [0.29, 0.717) is 18.7 Å². The van der Waals surface area contributed by atoms with E-state index in [1.165, 1.54) is 6.33 Å². The predicted molar refractivity (Wildman–Crippen MR) is 101 cm³/mol. The number of hydrogen-bond donors (Lipinski definition) is 1. The van der Waals surface area contributed by atoms with Crippen LogP contribution >= 0.6 is 0 Å². The summed E-state index contributed by atoms with van der Waals surface area (Å²) in [4.78, 5) is 19.2. The molecule has 3 aromatic rings. The molecule has 1 amide bonds. The number of hydrogen-bond acceptors (Lipinski definition) is 5. The SMILES string of the molecule is COc1ccccc1C1CNCCN1C(=O)c1cccc(-n2cncn2)c1. The number of nitrogens with one attached hydrogen (secondary N) is 1. The van der Waals surface area contributed by atoms with Crippen LogP contribution in [0.25, 0.3) is 5.69 Å². The lowest BCUT2D eigenvalue weighted by molar-refractivity contribution is 0.0631. The van der Waals surface area contributed by atoms with E-state index in [0.717, 1.165) is 23.5 Å². The van der Waals surface area contributed by atoms with Crippen molar-refractivity contribution in [3.8, 4) is 11.4 Å². The maximum Gasteiger partial charge on any atom is 0.254 e. The summed E-state index contributed by atoms with van der Waals surface area (Å²) in [6.07, 6.45) is 3.09. The Kier molecular flexibility index (Phi) is 4.84. The van der Waals surface area contributed by atoms with E-state index in [9.17, 15) is 4.79 Å². The van der Waals surface area contributed by atoms with E-state index in [1.807, 2.05) is 53.4 Å². The third-order valence-corrected chi connectivity index (χ3v) is 4.78. The molecule has 2 aromatic carbocycles. The van der Waals surface area contributed by atoms with Gasteiger partial charge in [-0.25, -0.2) is 9.67 Å². The number of benzene rings is 2. The van der Waals surface area contributed by atoms with Crippen molar-refractivity contribution >= 4 is 5.91 Å². The number of piperazine rings is 1. The predicted octanol–water partition coefficient (Wildman–Crippen LogP) is 2.06. The Morgan fingerprint density at radius 3 is 2.93 bits per heavy atom. The highest BCUT2D eigenvalue weighted by Gasteiger charge is 2.30. The number of para-hydroxylation sites is 1. The van der Waals surface area contributed by atoms with E-state index in [4.69, 9.17) is 4.74 Å². The minimum Gasteiger partial charge on any atom is -0.496 e.